The van der Waals surface area contributed by atoms with E-state index in [9.17, 15) is 4.79 Å². The van der Waals surface area contributed by atoms with Crippen LogP contribution in [0.1, 0.15) is 29.1 Å². The van der Waals surface area contributed by atoms with Crippen molar-refractivity contribution in [1.29, 1.82) is 0 Å². The first-order valence-electron chi connectivity index (χ1n) is 6.68. The molecule has 3 rings (SSSR count). The van der Waals surface area contributed by atoms with E-state index in [1.165, 1.54) is 0 Å². The third-order valence-corrected chi connectivity index (χ3v) is 3.80. The highest BCUT2D eigenvalue weighted by Crippen LogP contribution is 2.24. The molecule has 0 saturated heterocycles. The summed E-state index contributed by atoms with van der Waals surface area (Å²) in [7, 11) is 0. The third kappa shape index (κ3) is 3.00. The number of nitrogens with one attached hydrogen (secondary N) is 1. The number of fused-ring (bicyclic) bond motifs is 1. The summed E-state index contributed by atoms with van der Waals surface area (Å²) in [6.07, 6.45) is 0. The van der Waals surface area contributed by atoms with Gasteiger partial charge in [-0.25, -0.2) is 0 Å². The molecule has 1 amide bonds. The number of amides is 1. The number of furan rings is 1. The summed E-state index contributed by atoms with van der Waals surface area (Å²) in [4.78, 5) is 12.2. The molecule has 1 N–H and O–H groups in total. The lowest BCUT2D eigenvalue weighted by Crippen LogP contribution is -2.26. The van der Waals surface area contributed by atoms with Crippen LogP contribution in [0.15, 0.2) is 63.5 Å². The molecule has 0 aliphatic carbocycles. The maximum absolute atomic E-state index is 12.2. The summed E-state index contributed by atoms with van der Waals surface area (Å²) in [6, 6.07) is 16.9. The van der Waals surface area contributed by atoms with E-state index in [0.29, 0.717) is 5.56 Å². The first-order valence-corrected chi connectivity index (χ1v) is 7.48. The van der Waals surface area contributed by atoms with Crippen LogP contribution in [-0.2, 0) is 0 Å². The average molecular weight is 344 g/mol. The quantitative estimate of drug-likeness (QED) is 0.749. The van der Waals surface area contributed by atoms with Crippen molar-refractivity contribution in [1.82, 2.24) is 5.32 Å². The van der Waals surface area contributed by atoms with Gasteiger partial charge in [-0.15, -0.1) is 0 Å². The van der Waals surface area contributed by atoms with Crippen molar-refractivity contribution in [2.45, 2.75) is 13.0 Å². The van der Waals surface area contributed by atoms with E-state index in [1.54, 1.807) is 12.1 Å². The van der Waals surface area contributed by atoms with Gasteiger partial charge in [0.1, 0.15) is 11.3 Å². The van der Waals surface area contributed by atoms with Gasteiger partial charge in [0.2, 0.25) is 0 Å². The van der Waals surface area contributed by atoms with Gasteiger partial charge in [0, 0.05) is 15.4 Å². The number of carbonyl (C=O) groups is 1. The van der Waals surface area contributed by atoms with Crippen molar-refractivity contribution in [2.24, 2.45) is 0 Å². The Kier molecular flexibility index (Phi) is 3.80. The standard InChI is InChI=1S/C17H14BrNO2/c1-11(16-10-12-5-2-3-8-15(12)21-16)19-17(20)13-6-4-7-14(18)9-13/h2-11H,1H3,(H,19,20)/t11-/m0/s1. The van der Waals surface area contributed by atoms with Crippen LogP contribution in [0.3, 0.4) is 0 Å². The van der Waals surface area contributed by atoms with Crippen LogP contribution in [0.5, 0.6) is 0 Å². The maximum atomic E-state index is 12.2. The third-order valence-electron chi connectivity index (χ3n) is 3.31. The number of hydrogen-bond acceptors (Lipinski definition) is 2. The number of benzene rings is 2. The Hall–Kier alpha value is -2.07. The first kappa shape index (κ1) is 13.9. The predicted octanol–water partition coefficient (Wildman–Crippen LogP) is 4.69. The fraction of sp³-hybridized carbons (Fsp3) is 0.118. The van der Waals surface area contributed by atoms with E-state index in [-0.39, 0.29) is 11.9 Å². The zero-order valence-corrected chi connectivity index (χ0v) is 13.1. The SMILES string of the molecule is C[C@H](NC(=O)c1cccc(Br)c1)c1cc2ccccc2o1. The van der Waals surface area contributed by atoms with Gasteiger partial charge in [-0.05, 0) is 37.3 Å². The van der Waals surface area contributed by atoms with Crippen molar-refractivity contribution in [3.05, 3.63) is 70.4 Å². The Bertz CT molecular complexity index is 761. The Morgan fingerprint density at radius 2 is 1.95 bits per heavy atom. The molecular formula is C17H14BrNO2. The number of para-hydroxylation sites is 1. The fourth-order valence-electron chi connectivity index (χ4n) is 2.20. The van der Waals surface area contributed by atoms with Crippen LogP contribution in [0.4, 0.5) is 0 Å². The molecule has 21 heavy (non-hydrogen) atoms. The number of carbonyl (C=O) groups excluding carboxylic acids is 1. The van der Waals surface area contributed by atoms with Crippen molar-refractivity contribution >= 4 is 32.8 Å². The smallest absolute Gasteiger partial charge is 0.251 e. The van der Waals surface area contributed by atoms with Gasteiger partial charge in [-0.3, -0.25) is 4.79 Å². The summed E-state index contributed by atoms with van der Waals surface area (Å²) in [5.41, 5.74) is 1.45. The normalized spacial score (nSPS) is 12.3. The van der Waals surface area contributed by atoms with Crippen molar-refractivity contribution in [3.63, 3.8) is 0 Å². The molecule has 3 nitrogen and oxygen atoms in total. The Balaban J connectivity index is 1.79. The summed E-state index contributed by atoms with van der Waals surface area (Å²) in [6.45, 7) is 1.91. The van der Waals surface area contributed by atoms with Crippen LogP contribution in [-0.4, -0.2) is 5.91 Å². The first-order chi connectivity index (χ1) is 10.1. The van der Waals surface area contributed by atoms with E-state index in [0.717, 1.165) is 21.2 Å². The molecular weight excluding hydrogens is 330 g/mol. The van der Waals surface area contributed by atoms with Gasteiger partial charge in [-0.2, -0.15) is 0 Å². The summed E-state index contributed by atoms with van der Waals surface area (Å²) < 4.78 is 6.65. The summed E-state index contributed by atoms with van der Waals surface area (Å²) >= 11 is 3.37. The largest absolute Gasteiger partial charge is 0.459 e. The molecule has 0 aliphatic rings. The number of halogens is 1. The molecule has 4 heteroatoms. The minimum absolute atomic E-state index is 0.121. The number of rotatable bonds is 3. The second kappa shape index (κ2) is 5.74. The molecule has 1 atom stereocenters. The molecule has 1 aromatic heterocycles. The molecule has 0 fully saturated rings. The van der Waals surface area contributed by atoms with Crippen molar-refractivity contribution in [2.75, 3.05) is 0 Å². The number of hydrogen-bond donors (Lipinski definition) is 1. The second-order valence-corrected chi connectivity index (χ2v) is 5.81. The maximum Gasteiger partial charge on any atom is 0.251 e. The zero-order valence-electron chi connectivity index (χ0n) is 11.5. The van der Waals surface area contributed by atoms with Gasteiger partial charge in [0.05, 0.1) is 6.04 Å². The molecule has 0 saturated carbocycles. The molecule has 0 unspecified atom stereocenters. The second-order valence-electron chi connectivity index (χ2n) is 4.89. The Labute approximate surface area is 131 Å². The average Bonchev–Trinajstić information content (AvgIpc) is 2.91. The van der Waals surface area contributed by atoms with Crippen LogP contribution in [0.25, 0.3) is 11.0 Å². The van der Waals surface area contributed by atoms with Gasteiger partial charge < -0.3 is 9.73 Å². The molecule has 2 aromatic carbocycles. The fourth-order valence-corrected chi connectivity index (χ4v) is 2.60. The van der Waals surface area contributed by atoms with Crippen LogP contribution in [0.2, 0.25) is 0 Å². The zero-order chi connectivity index (χ0) is 14.8. The van der Waals surface area contributed by atoms with E-state index >= 15 is 0 Å². The lowest BCUT2D eigenvalue weighted by atomic mass is 10.1. The lowest BCUT2D eigenvalue weighted by molar-refractivity contribution is 0.0935. The lowest BCUT2D eigenvalue weighted by Gasteiger charge is -2.11. The highest BCUT2D eigenvalue weighted by molar-refractivity contribution is 9.10. The Morgan fingerprint density at radius 3 is 2.71 bits per heavy atom. The highest BCUT2D eigenvalue weighted by Gasteiger charge is 2.15. The molecule has 3 aromatic rings. The van der Waals surface area contributed by atoms with Gasteiger partial charge in [-0.1, -0.05) is 40.2 Å². The topological polar surface area (TPSA) is 42.2 Å². The molecule has 0 bridgehead atoms. The van der Waals surface area contributed by atoms with Crippen LogP contribution < -0.4 is 5.32 Å². The molecule has 0 radical (unpaired) electrons. The van der Waals surface area contributed by atoms with Gasteiger partial charge >= 0.3 is 0 Å². The Morgan fingerprint density at radius 1 is 1.14 bits per heavy atom. The van der Waals surface area contributed by atoms with E-state index in [1.807, 2.05) is 49.4 Å². The molecule has 0 aliphatic heterocycles. The van der Waals surface area contributed by atoms with Crippen molar-refractivity contribution in [3.8, 4) is 0 Å². The van der Waals surface area contributed by atoms with E-state index < -0.39 is 0 Å². The molecule has 0 spiro atoms. The minimum Gasteiger partial charge on any atom is -0.459 e. The summed E-state index contributed by atoms with van der Waals surface area (Å²) in [5.74, 6) is 0.629. The van der Waals surface area contributed by atoms with E-state index in [2.05, 4.69) is 21.2 Å². The van der Waals surface area contributed by atoms with E-state index in [4.69, 9.17) is 4.42 Å². The molecule has 106 valence electrons. The van der Waals surface area contributed by atoms with Crippen LogP contribution in [0, 0.1) is 0 Å². The minimum atomic E-state index is -0.191. The van der Waals surface area contributed by atoms with Gasteiger partial charge in [0.25, 0.3) is 5.91 Å². The van der Waals surface area contributed by atoms with Crippen LogP contribution >= 0.6 is 15.9 Å². The predicted molar refractivity (Wildman–Crippen MR) is 86.2 cm³/mol. The van der Waals surface area contributed by atoms with Crippen molar-refractivity contribution < 1.29 is 9.21 Å². The highest BCUT2D eigenvalue weighted by atomic mass is 79.9. The van der Waals surface area contributed by atoms with Gasteiger partial charge in [0.15, 0.2) is 0 Å². The molecule has 1 heterocycles. The monoisotopic (exact) mass is 343 g/mol. The summed E-state index contributed by atoms with van der Waals surface area (Å²) in [5, 5.41) is 3.99.